The van der Waals surface area contributed by atoms with Crippen LogP contribution in [0.3, 0.4) is 0 Å². The lowest BCUT2D eigenvalue weighted by Crippen LogP contribution is -2.46. The van der Waals surface area contributed by atoms with Gasteiger partial charge in [-0.25, -0.2) is 4.39 Å². The maximum Gasteiger partial charge on any atom is 0.272 e. The zero-order valence-electron chi connectivity index (χ0n) is 13.0. The van der Waals surface area contributed by atoms with Crippen molar-refractivity contribution in [1.29, 1.82) is 0 Å². The molecule has 1 aliphatic heterocycles. The van der Waals surface area contributed by atoms with Crippen LogP contribution in [0.25, 0.3) is 0 Å². The largest absolute Gasteiger partial charge is 0.381 e. The van der Waals surface area contributed by atoms with E-state index in [0.29, 0.717) is 6.54 Å². The van der Waals surface area contributed by atoms with Crippen LogP contribution in [0, 0.1) is 12.7 Å². The van der Waals surface area contributed by atoms with E-state index in [-0.39, 0.29) is 17.3 Å². The standard InChI is InChI=1S/C18H17FN2O2/c1-12-7-3-4-8-14(12)11-21-17(20-23-13(2)18(21)22)15-9-5-6-10-16(15)19/h3-10,13H,11H2,1-2H3. The topological polar surface area (TPSA) is 41.9 Å². The molecule has 118 valence electrons. The molecule has 1 amide bonds. The molecule has 2 aromatic rings. The Kier molecular flexibility index (Phi) is 4.10. The molecule has 0 aromatic heterocycles. The minimum absolute atomic E-state index is 0.203. The van der Waals surface area contributed by atoms with Gasteiger partial charge in [0.1, 0.15) is 5.82 Å². The summed E-state index contributed by atoms with van der Waals surface area (Å²) < 4.78 is 14.1. The minimum atomic E-state index is -0.686. The zero-order valence-corrected chi connectivity index (χ0v) is 13.0. The van der Waals surface area contributed by atoms with Crippen molar-refractivity contribution in [3.8, 4) is 0 Å². The van der Waals surface area contributed by atoms with Crippen LogP contribution in [-0.2, 0) is 16.2 Å². The first-order valence-corrected chi connectivity index (χ1v) is 7.42. The Bertz CT molecular complexity index is 773. The summed E-state index contributed by atoms with van der Waals surface area (Å²) in [6.07, 6.45) is -0.686. The number of carbonyl (C=O) groups is 1. The molecule has 0 bridgehead atoms. The summed E-state index contributed by atoms with van der Waals surface area (Å²) >= 11 is 0. The Labute approximate surface area is 134 Å². The molecule has 0 aliphatic carbocycles. The summed E-state index contributed by atoms with van der Waals surface area (Å²) in [5, 5.41) is 3.98. The lowest BCUT2D eigenvalue weighted by molar-refractivity contribution is -0.142. The molecule has 0 saturated carbocycles. The van der Waals surface area contributed by atoms with Gasteiger partial charge in [0.2, 0.25) is 6.10 Å². The maximum absolute atomic E-state index is 14.1. The molecule has 2 aromatic carbocycles. The zero-order chi connectivity index (χ0) is 16.4. The van der Waals surface area contributed by atoms with E-state index in [9.17, 15) is 9.18 Å². The fourth-order valence-electron chi connectivity index (χ4n) is 2.49. The summed E-state index contributed by atoms with van der Waals surface area (Å²) in [5.74, 6) is -0.469. The van der Waals surface area contributed by atoms with Crippen molar-refractivity contribution in [1.82, 2.24) is 4.90 Å². The van der Waals surface area contributed by atoms with Gasteiger partial charge < -0.3 is 4.84 Å². The number of halogens is 1. The number of carbonyl (C=O) groups excluding carboxylic acids is 1. The fourth-order valence-corrected chi connectivity index (χ4v) is 2.49. The molecule has 0 fully saturated rings. The smallest absolute Gasteiger partial charge is 0.272 e. The van der Waals surface area contributed by atoms with Crippen molar-refractivity contribution in [3.05, 3.63) is 71.0 Å². The van der Waals surface area contributed by atoms with Crippen LogP contribution in [-0.4, -0.2) is 22.7 Å². The fraction of sp³-hybridized carbons (Fsp3) is 0.222. The Morgan fingerprint density at radius 1 is 1.17 bits per heavy atom. The Balaban J connectivity index is 2.01. The number of hydrogen-bond acceptors (Lipinski definition) is 3. The third-order valence-corrected chi connectivity index (χ3v) is 3.87. The highest BCUT2D eigenvalue weighted by molar-refractivity contribution is 6.09. The second-order valence-corrected chi connectivity index (χ2v) is 5.49. The van der Waals surface area contributed by atoms with Gasteiger partial charge in [-0.1, -0.05) is 41.6 Å². The van der Waals surface area contributed by atoms with Gasteiger partial charge in [-0.2, -0.15) is 0 Å². The van der Waals surface area contributed by atoms with E-state index < -0.39 is 11.9 Å². The van der Waals surface area contributed by atoms with E-state index in [2.05, 4.69) is 5.16 Å². The first kappa shape index (κ1) is 15.2. The van der Waals surface area contributed by atoms with E-state index in [0.717, 1.165) is 11.1 Å². The monoisotopic (exact) mass is 312 g/mol. The predicted molar refractivity (Wildman–Crippen MR) is 85.2 cm³/mol. The molecular weight excluding hydrogens is 295 g/mol. The van der Waals surface area contributed by atoms with Gasteiger partial charge in [-0.05, 0) is 37.1 Å². The van der Waals surface area contributed by atoms with E-state index in [4.69, 9.17) is 4.84 Å². The van der Waals surface area contributed by atoms with Crippen LogP contribution in [0.2, 0.25) is 0 Å². The van der Waals surface area contributed by atoms with Crippen LogP contribution >= 0.6 is 0 Å². The third kappa shape index (κ3) is 2.95. The first-order chi connectivity index (χ1) is 11.1. The van der Waals surface area contributed by atoms with Crippen molar-refractivity contribution >= 4 is 11.7 Å². The number of hydrogen-bond donors (Lipinski definition) is 0. The summed E-state index contributed by atoms with van der Waals surface area (Å²) in [7, 11) is 0. The molecule has 0 spiro atoms. The van der Waals surface area contributed by atoms with Crippen LogP contribution in [0.4, 0.5) is 4.39 Å². The van der Waals surface area contributed by atoms with Crippen molar-refractivity contribution in [2.75, 3.05) is 0 Å². The molecule has 4 nitrogen and oxygen atoms in total. The SMILES string of the molecule is Cc1ccccc1CN1C(=O)C(C)ON=C1c1ccccc1F. The van der Waals surface area contributed by atoms with E-state index >= 15 is 0 Å². The summed E-state index contributed by atoms with van der Waals surface area (Å²) in [6.45, 7) is 3.94. The molecule has 0 radical (unpaired) electrons. The van der Waals surface area contributed by atoms with Crippen LogP contribution in [0.1, 0.15) is 23.6 Å². The maximum atomic E-state index is 14.1. The lowest BCUT2D eigenvalue weighted by atomic mass is 10.1. The number of benzene rings is 2. The molecule has 1 atom stereocenters. The number of nitrogens with zero attached hydrogens (tertiary/aromatic N) is 2. The first-order valence-electron chi connectivity index (χ1n) is 7.42. The van der Waals surface area contributed by atoms with Gasteiger partial charge in [-0.3, -0.25) is 9.69 Å². The Morgan fingerprint density at radius 2 is 1.87 bits per heavy atom. The van der Waals surface area contributed by atoms with E-state index in [1.165, 1.54) is 11.0 Å². The molecule has 1 heterocycles. The number of amides is 1. The van der Waals surface area contributed by atoms with Crippen molar-refractivity contribution < 1.29 is 14.0 Å². The quantitative estimate of drug-likeness (QED) is 0.873. The summed E-state index contributed by atoms with van der Waals surface area (Å²) in [5.41, 5.74) is 2.30. The van der Waals surface area contributed by atoms with Gasteiger partial charge >= 0.3 is 0 Å². The lowest BCUT2D eigenvalue weighted by Gasteiger charge is -2.30. The summed E-state index contributed by atoms with van der Waals surface area (Å²) in [6, 6.07) is 14.0. The minimum Gasteiger partial charge on any atom is -0.381 e. The van der Waals surface area contributed by atoms with Crippen LogP contribution in [0.15, 0.2) is 53.7 Å². The second-order valence-electron chi connectivity index (χ2n) is 5.49. The molecule has 0 saturated heterocycles. The second kappa shape index (κ2) is 6.20. The molecule has 1 unspecified atom stereocenters. The van der Waals surface area contributed by atoms with Crippen LogP contribution < -0.4 is 0 Å². The summed E-state index contributed by atoms with van der Waals surface area (Å²) in [4.78, 5) is 19.2. The number of oxime groups is 1. The normalized spacial score (nSPS) is 17.7. The van der Waals surface area contributed by atoms with Gasteiger partial charge in [0.15, 0.2) is 5.84 Å². The molecule has 1 aliphatic rings. The van der Waals surface area contributed by atoms with Crippen LogP contribution in [0.5, 0.6) is 0 Å². The van der Waals surface area contributed by atoms with Crippen molar-refractivity contribution in [2.45, 2.75) is 26.5 Å². The van der Waals surface area contributed by atoms with Gasteiger partial charge in [0.05, 0.1) is 12.1 Å². The Hall–Kier alpha value is -2.69. The molecule has 5 heteroatoms. The van der Waals surface area contributed by atoms with Gasteiger partial charge in [-0.15, -0.1) is 0 Å². The predicted octanol–water partition coefficient (Wildman–Crippen LogP) is 3.24. The molecule has 23 heavy (non-hydrogen) atoms. The number of aryl methyl sites for hydroxylation is 1. The number of amidine groups is 1. The van der Waals surface area contributed by atoms with Crippen molar-refractivity contribution in [3.63, 3.8) is 0 Å². The highest BCUT2D eigenvalue weighted by Gasteiger charge is 2.33. The highest BCUT2D eigenvalue weighted by Crippen LogP contribution is 2.21. The Morgan fingerprint density at radius 3 is 2.61 bits per heavy atom. The molecular formula is C18H17FN2O2. The van der Waals surface area contributed by atoms with E-state index in [1.54, 1.807) is 25.1 Å². The van der Waals surface area contributed by atoms with Gasteiger partial charge in [0, 0.05) is 0 Å². The van der Waals surface area contributed by atoms with Crippen molar-refractivity contribution in [2.24, 2.45) is 5.16 Å². The average molecular weight is 312 g/mol. The highest BCUT2D eigenvalue weighted by atomic mass is 19.1. The van der Waals surface area contributed by atoms with E-state index in [1.807, 2.05) is 31.2 Å². The molecule has 0 N–H and O–H groups in total. The number of rotatable bonds is 3. The average Bonchev–Trinajstić information content (AvgIpc) is 2.55. The molecule has 3 rings (SSSR count). The van der Waals surface area contributed by atoms with Gasteiger partial charge in [0.25, 0.3) is 5.91 Å². The third-order valence-electron chi connectivity index (χ3n) is 3.87.